The van der Waals surface area contributed by atoms with E-state index in [0.717, 1.165) is 27.3 Å². The Morgan fingerprint density at radius 1 is 0.840 bits per heavy atom. The van der Waals surface area contributed by atoms with E-state index >= 15 is 0 Å². The van der Waals surface area contributed by atoms with Crippen molar-refractivity contribution in [2.75, 3.05) is 0 Å². The summed E-state index contributed by atoms with van der Waals surface area (Å²) in [6, 6.07) is 16.2. The predicted octanol–water partition coefficient (Wildman–Crippen LogP) is 1.63. The zero-order valence-corrected chi connectivity index (χ0v) is 14.0. The number of benzene rings is 2. The standard InChI is InChI=1S/C19H15N3O2S/c20-19(25)21-22-17(23)15-13-9-5-1-2-6-10(9)14(16(15)18(22)24)12-8-4-3-7-11(12)13/h1-8,13-16H,(H3,20,21,25)/t13?,14?,15-,16+. The molecule has 2 aromatic carbocycles. The molecule has 0 unspecified atom stereocenters. The Labute approximate surface area is 149 Å². The van der Waals surface area contributed by atoms with Crippen LogP contribution in [0.3, 0.4) is 0 Å². The first-order valence-electron chi connectivity index (χ1n) is 8.21. The minimum atomic E-state index is -0.413. The molecule has 5 nitrogen and oxygen atoms in total. The third-order valence-electron chi connectivity index (χ3n) is 5.67. The molecule has 0 radical (unpaired) electrons. The second kappa shape index (κ2) is 4.89. The van der Waals surface area contributed by atoms with Crippen molar-refractivity contribution in [2.45, 2.75) is 11.8 Å². The van der Waals surface area contributed by atoms with Gasteiger partial charge >= 0.3 is 0 Å². The summed E-state index contributed by atoms with van der Waals surface area (Å²) in [4.78, 5) is 26.0. The van der Waals surface area contributed by atoms with Gasteiger partial charge in [-0.2, -0.15) is 5.01 Å². The molecule has 6 heteroatoms. The molecule has 4 aliphatic rings. The van der Waals surface area contributed by atoms with Gasteiger partial charge in [0.25, 0.3) is 11.8 Å². The predicted molar refractivity (Wildman–Crippen MR) is 95.3 cm³/mol. The van der Waals surface area contributed by atoms with Gasteiger partial charge in [-0.15, -0.1) is 0 Å². The van der Waals surface area contributed by atoms with Gasteiger partial charge in [0.2, 0.25) is 0 Å². The molecule has 1 saturated heterocycles. The number of nitrogens with zero attached hydrogens (tertiary/aromatic N) is 1. The molecule has 2 bridgehead atoms. The van der Waals surface area contributed by atoms with Gasteiger partial charge in [-0.3, -0.25) is 15.0 Å². The molecule has 25 heavy (non-hydrogen) atoms. The van der Waals surface area contributed by atoms with Crippen molar-refractivity contribution < 1.29 is 9.59 Å². The van der Waals surface area contributed by atoms with Crippen molar-refractivity contribution >= 4 is 29.1 Å². The lowest BCUT2D eigenvalue weighted by molar-refractivity contribution is -0.142. The Balaban J connectivity index is 1.74. The largest absolute Gasteiger partial charge is 0.375 e. The van der Waals surface area contributed by atoms with Crippen molar-refractivity contribution in [1.29, 1.82) is 0 Å². The minimum absolute atomic E-state index is 0.0808. The van der Waals surface area contributed by atoms with Gasteiger partial charge < -0.3 is 5.73 Å². The van der Waals surface area contributed by atoms with Gasteiger partial charge in [-0.1, -0.05) is 48.5 Å². The summed E-state index contributed by atoms with van der Waals surface area (Å²) in [6.45, 7) is 0. The van der Waals surface area contributed by atoms with Gasteiger partial charge in [-0.05, 0) is 34.5 Å². The van der Waals surface area contributed by atoms with E-state index in [1.165, 1.54) is 0 Å². The fourth-order valence-electron chi connectivity index (χ4n) is 4.90. The molecular formula is C19H15N3O2S. The van der Waals surface area contributed by atoms with E-state index < -0.39 is 11.8 Å². The highest BCUT2D eigenvalue weighted by atomic mass is 32.1. The van der Waals surface area contributed by atoms with Crippen LogP contribution in [0.4, 0.5) is 0 Å². The van der Waals surface area contributed by atoms with Gasteiger partial charge in [0.15, 0.2) is 5.11 Å². The SMILES string of the molecule is NC(=S)NN1C(=O)[C@@H]2C3c4ccccc4C(c4ccccc43)[C@@H]2C1=O. The molecule has 2 aromatic rings. The molecule has 6 rings (SSSR count). The Bertz CT molecular complexity index is 842. The Kier molecular flexibility index (Phi) is 2.86. The number of imide groups is 1. The summed E-state index contributed by atoms with van der Waals surface area (Å²) < 4.78 is 0. The molecule has 2 atom stereocenters. The molecular weight excluding hydrogens is 334 g/mol. The summed E-state index contributed by atoms with van der Waals surface area (Å²) in [5, 5.41) is 0.942. The van der Waals surface area contributed by atoms with Gasteiger partial charge in [0, 0.05) is 11.8 Å². The zero-order valence-electron chi connectivity index (χ0n) is 13.2. The number of carbonyl (C=O) groups is 2. The maximum Gasteiger partial charge on any atom is 0.253 e. The van der Waals surface area contributed by atoms with Gasteiger partial charge in [0.1, 0.15) is 0 Å². The minimum Gasteiger partial charge on any atom is -0.375 e. The average molecular weight is 349 g/mol. The Morgan fingerprint density at radius 2 is 1.20 bits per heavy atom. The summed E-state index contributed by atoms with van der Waals surface area (Å²) in [6.07, 6.45) is 0. The lowest BCUT2D eigenvalue weighted by atomic mass is 9.55. The Hall–Kier alpha value is -2.73. The number of thiocarbonyl (C=S) groups is 1. The molecule has 0 saturated carbocycles. The Morgan fingerprint density at radius 3 is 1.52 bits per heavy atom. The smallest absolute Gasteiger partial charge is 0.253 e. The van der Waals surface area contributed by atoms with Crippen LogP contribution in [0.5, 0.6) is 0 Å². The highest BCUT2D eigenvalue weighted by Crippen LogP contribution is 2.60. The zero-order chi connectivity index (χ0) is 17.3. The van der Waals surface area contributed by atoms with E-state index in [1.807, 2.05) is 24.3 Å². The van der Waals surface area contributed by atoms with E-state index in [-0.39, 0.29) is 28.8 Å². The summed E-state index contributed by atoms with van der Waals surface area (Å²) in [5.74, 6) is -1.55. The number of rotatable bonds is 1. The van der Waals surface area contributed by atoms with Crippen LogP contribution in [0.1, 0.15) is 34.1 Å². The number of hydrogen-bond acceptors (Lipinski definition) is 3. The normalized spacial score (nSPS) is 28.4. The summed E-state index contributed by atoms with van der Waals surface area (Å²) in [7, 11) is 0. The number of nitrogens with one attached hydrogen (secondary N) is 1. The van der Waals surface area contributed by atoms with Crippen LogP contribution >= 0.6 is 12.2 Å². The first kappa shape index (κ1) is 14.6. The topological polar surface area (TPSA) is 75.4 Å². The van der Waals surface area contributed by atoms with E-state index in [2.05, 4.69) is 29.7 Å². The van der Waals surface area contributed by atoms with Crippen LogP contribution in [0, 0.1) is 11.8 Å². The van der Waals surface area contributed by atoms with E-state index in [0.29, 0.717) is 0 Å². The van der Waals surface area contributed by atoms with Gasteiger partial charge in [-0.25, -0.2) is 0 Å². The number of hydrazine groups is 1. The van der Waals surface area contributed by atoms with Crippen LogP contribution in [0.25, 0.3) is 0 Å². The quantitative estimate of drug-likeness (QED) is 0.605. The number of nitrogens with two attached hydrogens (primary N) is 1. The van der Waals surface area contributed by atoms with Crippen molar-refractivity contribution in [3.05, 3.63) is 70.8 Å². The first-order valence-corrected chi connectivity index (χ1v) is 8.62. The molecule has 1 heterocycles. The van der Waals surface area contributed by atoms with Crippen molar-refractivity contribution in [1.82, 2.24) is 10.4 Å². The number of amides is 2. The fraction of sp³-hybridized carbons (Fsp3) is 0.211. The molecule has 124 valence electrons. The van der Waals surface area contributed by atoms with Crippen LogP contribution in [-0.4, -0.2) is 21.9 Å². The maximum atomic E-state index is 13.0. The highest BCUT2D eigenvalue weighted by Gasteiger charge is 2.61. The van der Waals surface area contributed by atoms with Crippen LogP contribution in [0.2, 0.25) is 0 Å². The lowest BCUT2D eigenvalue weighted by Crippen LogP contribution is -2.48. The first-order chi connectivity index (χ1) is 12.1. The van der Waals surface area contributed by atoms with Crippen molar-refractivity contribution in [3.63, 3.8) is 0 Å². The molecule has 3 aliphatic carbocycles. The molecule has 1 aliphatic heterocycles. The van der Waals surface area contributed by atoms with E-state index in [1.54, 1.807) is 0 Å². The fourth-order valence-corrected chi connectivity index (χ4v) is 4.99. The summed E-state index contributed by atoms with van der Waals surface area (Å²) in [5.41, 5.74) is 12.7. The molecule has 2 amide bonds. The number of carbonyl (C=O) groups excluding carboxylic acids is 2. The van der Waals surface area contributed by atoms with Gasteiger partial charge in [0.05, 0.1) is 11.8 Å². The lowest BCUT2D eigenvalue weighted by Gasteiger charge is -2.45. The van der Waals surface area contributed by atoms with Crippen molar-refractivity contribution in [2.24, 2.45) is 17.6 Å². The monoisotopic (exact) mass is 349 g/mol. The third-order valence-corrected chi connectivity index (χ3v) is 5.76. The van der Waals surface area contributed by atoms with E-state index in [4.69, 9.17) is 18.0 Å². The second-order valence-corrected chi connectivity index (χ2v) is 7.19. The summed E-state index contributed by atoms with van der Waals surface area (Å²) >= 11 is 4.84. The second-order valence-electron chi connectivity index (χ2n) is 6.75. The van der Waals surface area contributed by atoms with Crippen LogP contribution < -0.4 is 11.2 Å². The number of hydrogen-bond donors (Lipinski definition) is 2. The van der Waals surface area contributed by atoms with Crippen LogP contribution in [-0.2, 0) is 9.59 Å². The van der Waals surface area contributed by atoms with E-state index in [9.17, 15) is 9.59 Å². The highest BCUT2D eigenvalue weighted by molar-refractivity contribution is 7.80. The van der Waals surface area contributed by atoms with Crippen LogP contribution in [0.15, 0.2) is 48.5 Å². The average Bonchev–Trinajstić information content (AvgIpc) is 2.87. The molecule has 0 aromatic heterocycles. The molecule has 1 fully saturated rings. The van der Waals surface area contributed by atoms with Crippen molar-refractivity contribution in [3.8, 4) is 0 Å². The molecule has 0 spiro atoms. The molecule has 3 N–H and O–H groups in total. The maximum absolute atomic E-state index is 13.0. The third kappa shape index (κ3) is 1.75.